The van der Waals surface area contributed by atoms with Gasteiger partial charge in [0.2, 0.25) is 0 Å². The van der Waals surface area contributed by atoms with Gasteiger partial charge in [0.25, 0.3) is 0 Å². The molecule has 1 aromatic carbocycles. The van der Waals surface area contributed by atoms with Gasteiger partial charge in [0, 0.05) is 25.1 Å². The predicted octanol–water partition coefficient (Wildman–Crippen LogP) is 1.51. The zero-order valence-electron chi connectivity index (χ0n) is 9.78. The van der Waals surface area contributed by atoms with Gasteiger partial charge >= 0.3 is 0 Å². The molecule has 0 saturated heterocycles. The van der Waals surface area contributed by atoms with Gasteiger partial charge in [0.1, 0.15) is 11.6 Å². The fraction of sp³-hybridized carbons (Fsp3) is 0.231. The van der Waals surface area contributed by atoms with Crippen molar-refractivity contribution < 1.29 is 4.39 Å². The van der Waals surface area contributed by atoms with Crippen LogP contribution in [0.15, 0.2) is 24.3 Å². The van der Waals surface area contributed by atoms with Crippen molar-refractivity contribution in [2.75, 3.05) is 12.3 Å². The summed E-state index contributed by atoms with van der Waals surface area (Å²) >= 11 is 0. The molecule has 0 radical (unpaired) electrons. The van der Waals surface area contributed by atoms with E-state index >= 15 is 0 Å². The fourth-order valence-corrected chi connectivity index (χ4v) is 2.13. The summed E-state index contributed by atoms with van der Waals surface area (Å²) in [5.74, 6) is 0.475. The molecule has 0 bridgehead atoms. The van der Waals surface area contributed by atoms with Gasteiger partial charge < -0.3 is 11.1 Å². The third kappa shape index (κ3) is 1.82. The molecule has 2 heterocycles. The zero-order chi connectivity index (χ0) is 12.5. The van der Waals surface area contributed by atoms with Crippen molar-refractivity contribution in [2.45, 2.75) is 13.0 Å². The Morgan fingerprint density at radius 3 is 2.89 bits per heavy atom. The van der Waals surface area contributed by atoms with E-state index < -0.39 is 0 Å². The van der Waals surface area contributed by atoms with Gasteiger partial charge in [-0.1, -0.05) is 12.1 Å². The molecule has 0 spiro atoms. The fourth-order valence-electron chi connectivity index (χ4n) is 2.13. The largest absolute Gasteiger partial charge is 0.383 e. The zero-order valence-corrected chi connectivity index (χ0v) is 9.78. The lowest BCUT2D eigenvalue weighted by Gasteiger charge is -2.18. The van der Waals surface area contributed by atoms with Gasteiger partial charge in [-0.2, -0.15) is 0 Å². The number of fused-ring (bicyclic) bond motifs is 1. The SMILES string of the molecule is Nc1nc(-c2ccccc2F)nc2c1CNCC2. The molecule has 0 fully saturated rings. The summed E-state index contributed by atoms with van der Waals surface area (Å²) in [6, 6.07) is 6.47. The number of hydrogen-bond acceptors (Lipinski definition) is 4. The van der Waals surface area contributed by atoms with Gasteiger partial charge in [-0.3, -0.25) is 0 Å². The third-order valence-electron chi connectivity index (χ3n) is 3.08. The van der Waals surface area contributed by atoms with Crippen molar-refractivity contribution in [2.24, 2.45) is 0 Å². The van der Waals surface area contributed by atoms with E-state index in [9.17, 15) is 4.39 Å². The molecule has 0 saturated carbocycles. The van der Waals surface area contributed by atoms with Crippen LogP contribution in [0.25, 0.3) is 11.4 Å². The van der Waals surface area contributed by atoms with Crippen LogP contribution in [0.4, 0.5) is 10.2 Å². The standard InChI is InChI=1S/C13H13FN4/c14-10-4-2-1-3-8(10)13-17-11-5-6-16-7-9(11)12(15)18-13/h1-4,16H,5-7H2,(H2,15,17,18). The Balaban J connectivity index is 2.14. The third-order valence-corrected chi connectivity index (χ3v) is 3.08. The molecule has 0 amide bonds. The van der Waals surface area contributed by atoms with E-state index in [0.29, 0.717) is 23.8 Å². The van der Waals surface area contributed by atoms with E-state index in [0.717, 1.165) is 24.2 Å². The van der Waals surface area contributed by atoms with E-state index in [1.165, 1.54) is 6.07 Å². The van der Waals surface area contributed by atoms with Gasteiger partial charge in [-0.25, -0.2) is 14.4 Å². The van der Waals surface area contributed by atoms with E-state index in [2.05, 4.69) is 15.3 Å². The van der Waals surface area contributed by atoms with Crippen molar-refractivity contribution in [3.63, 3.8) is 0 Å². The smallest absolute Gasteiger partial charge is 0.164 e. The normalized spacial score (nSPS) is 14.3. The van der Waals surface area contributed by atoms with Crippen LogP contribution >= 0.6 is 0 Å². The Bertz CT molecular complexity index is 598. The molecule has 3 N–H and O–H groups in total. The van der Waals surface area contributed by atoms with Crippen molar-refractivity contribution in [1.82, 2.24) is 15.3 Å². The number of rotatable bonds is 1. The van der Waals surface area contributed by atoms with Crippen molar-refractivity contribution in [1.29, 1.82) is 0 Å². The Morgan fingerprint density at radius 1 is 1.22 bits per heavy atom. The summed E-state index contributed by atoms with van der Waals surface area (Å²) < 4.78 is 13.7. The summed E-state index contributed by atoms with van der Waals surface area (Å²) in [5.41, 5.74) is 8.16. The molecule has 5 heteroatoms. The Labute approximate surface area is 104 Å². The maximum atomic E-state index is 13.7. The first-order chi connectivity index (χ1) is 8.75. The number of benzene rings is 1. The quantitative estimate of drug-likeness (QED) is 0.798. The predicted molar refractivity (Wildman–Crippen MR) is 67.2 cm³/mol. The maximum absolute atomic E-state index is 13.7. The van der Waals surface area contributed by atoms with Crippen LogP contribution in [0, 0.1) is 5.82 Å². The lowest BCUT2D eigenvalue weighted by atomic mass is 10.1. The highest BCUT2D eigenvalue weighted by Crippen LogP contribution is 2.24. The number of hydrogen-bond donors (Lipinski definition) is 2. The van der Waals surface area contributed by atoms with Crippen LogP contribution in [0.2, 0.25) is 0 Å². The molecule has 3 rings (SSSR count). The molecule has 0 unspecified atom stereocenters. The average Bonchev–Trinajstić information content (AvgIpc) is 2.39. The van der Waals surface area contributed by atoms with E-state index in [4.69, 9.17) is 5.73 Å². The van der Waals surface area contributed by atoms with E-state index in [1.807, 2.05) is 0 Å². The second kappa shape index (κ2) is 4.34. The van der Waals surface area contributed by atoms with E-state index in [-0.39, 0.29) is 5.82 Å². The van der Waals surface area contributed by atoms with Crippen LogP contribution in [0.3, 0.4) is 0 Å². The minimum absolute atomic E-state index is 0.328. The number of halogens is 1. The molecule has 92 valence electrons. The molecule has 0 atom stereocenters. The number of nitrogens with zero attached hydrogens (tertiary/aromatic N) is 2. The second-order valence-electron chi connectivity index (χ2n) is 4.26. The van der Waals surface area contributed by atoms with E-state index in [1.54, 1.807) is 18.2 Å². The molecule has 2 aromatic rings. The minimum Gasteiger partial charge on any atom is -0.383 e. The number of nitrogens with two attached hydrogens (primary N) is 1. The monoisotopic (exact) mass is 244 g/mol. The minimum atomic E-state index is -0.328. The van der Waals surface area contributed by atoms with Crippen LogP contribution in [-0.4, -0.2) is 16.5 Å². The first kappa shape index (κ1) is 11.1. The van der Waals surface area contributed by atoms with Gasteiger partial charge in [-0.05, 0) is 12.1 Å². The molecule has 4 nitrogen and oxygen atoms in total. The molecular weight excluding hydrogens is 231 g/mol. The Morgan fingerprint density at radius 2 is 2.06 bits per heavy atom. The highest BCUT2D eigenvalue weighted by atomic mass is 19.1. The molecule has 1 aromatic heterocycles. The Kier molecular flexibility index (Phi) is 2.68. The van der Waals surface area contributed by atoms with Crippen molar-refractivity contribution >= 4 is 5.82 Å². The lowest BCUT2D eigenvalue weighted by molar-refractivity contribution is 0.622. The number of anilines is 1. The van der Waals surface area contributed by atoms with Crippen LogP contribution < -0.4 is 11.1 Å². The van der Waals surface area contributed by atoms with Gasteiger partial charge in [0.05, 0.1) is 11.3 Å². The maximum Gasteiger partial charge on any atom is 0.164 e. The Hall–Kier alpha value is -2.01. The highest BCUT2D eigenvalue weighted by Gasteiger charge is 2.17. The molecule has 0 aliphatic carbocycles. The first-order valence-corrected chi connectivity index (χ1v) is 5.86. The molecule has 1 aliphatic heterocycles. The van der Waals surface area contributed by atoms with Crippen molar-refractivity contribution in [3.8, 4) is 11.4 Å². The molecular formula is C13H13FN4. The van der Waals surface area contributed by atoms with Gasteiger partial charge in [0.15, 0.2) is 5.82 Å². The number of nitrogen functional groups attached to an aromatic ring is 1. The summed E-state index contributed by atoms with van der Waals surface area (Å²) in [6.07, 6.45) is 0.795. The molecule has 18 heavy (non-hydrogen) atoms. The summed E-state index contributed by atoms with van der Waals surface area (Å²) in [4.78, 5) is 8.64. The topological polar surface area (TPSA) is 63.8 Å². The number of aromatic nitrogens is 2. The van der Waals surface area contributed by atoms with Gasteiger partial charge in [-0.15, -0.1) is 0 Å². The average molecular weight is 244 g/mol. The van der Waals surface area contributed by atoms with Crippen LogP contribution in [-0.2, 0) is 13.0 Å². The summed E-state index contributed by atoms with van der Waals surface area (Å²) in [7, 11) is 0. The van der Waals surface area contributed by atoms with Crippen LogP contribution in [0.5, 0.6) is 0 Å². The lowest BCUT2D eigenvalue weighted by Crippen LogP contribution is -2.26. The number of nitrogens with one attached hydrogen (secondary N) is 1. The van der Waals surface area contributed by atoms with Crippen molar-refractivity contribution in [3.05, 3.63) is 41.3 Å². The molecule has 1 aliphatic rings. The first-order valence-electron chi connectivity index (χ1n) is 5.86. The summed E-state index contributed by atoms with van der Waals surface area (Å²) in [5, 5.41) is 3.22. The van der Waals surface area contributed by atoms with Crippen LogP contribution in [0.1, 0.15) is 11.3 Å². The highest BCUT2D eigenvalue weighted by molar-refractivity contribution is 5.59. The second-order valence-corrected chi connectivity index (χ2v) is 4.26. The summed E-state index contributed by atoms with van der Waals surface area (Å²) in [6.45, 7) is 1.54.